The van der Waals surface area contributed by atoms with Gasteiger partial charge in [0.25, 0.3) is 0 Å². The maximum atomic E-state index is 8.52. The summed E-state index contributed by atoms with van der Waals surface area (Å²) < 4.78 is 102. The van der Waals surface area contributed by atoms with Gasteiger partial charge in [-0.25, -0.2) is 0 Å². The van der Waals surface area contributed by atoms with E-state index in [-0.39, 0.29) is 34.7 Å². The fourth-order valence-corrected chi connectivity index (χ4v) is 12.0. The molecule has 20 nitrogen and oxygen atoms in total. The molecule has 4 aliphatic carbocycles. The Kier molecular flexibility index (Phi) is 18.6. The van der Waals surface area contributed by atoms with Crippen LogP contribution in [0.4, 0.5) is 0 Å². The van der Waals surface area contributed by atoms with Crippen molar-refractivity contribution < 1.29 is 52.6 Å². The molecule has 0 aromatic rings. The molecule has 9 aliphatic rings. The predicted octanol–water partition coefficient (Wildman–Crippen LogP) is -2.17. The third-order valence-corrected chi connectivity index (χ3v) is 13.8. The zero-order valence-electron chi connectivity index (χ0n) is 31.8. The van der Waals surface area contributed by atoms with E-state index in [0.29, 0.717) is 49.3 Å². The molecule has 0 radical (unpaired) electrons. The minimum Gasteiger partial charge on any atom is -0.759 e. The molecule has 5 saturated heterocycles. The average molecular weight is 895 g/mol. The molecule has 9 fully saturated rings. The smallest absolute Gasteiger partial charge is 0.759 e. The van der Waals surface area contributed by atoms with Crippen molar-refractivity contribution in [1.29, 1.82) is 0 Å². The van der Waals surface area contributed by atoms with Crippen molar-refractivity contribution in [3.05, 3.63) is 0 Å². The molecular weight excluding hydrogens is 839 g/mol. The molecule has 0 aromatic carbocycles. The number of fused-ring (bicyclic) bond motifs is 20. The molecule has 320 valence electrons. The van der Waals surface area contributed by atoms with Gasteiger partial charge in [-0.1, -0.05) is 51.4 Å². The Morgan fingerprint density at radius 3 is 0.439 bits per heavy atom. The molecule has 25 heteroatoms. The molecule has 5 aliphatic heterocycles. The van der Waals surface area contributed by atoms with Crippen LogP contribution >= 0.6 is 0 Å². The minimum absolute atomic E-state index is 0. The normalized spacial score (nSPS) is 43.5. The summed E-state index contributed by atoms with van der Waals surface area (Å²) in [5.41, 5.74) is 0. The summed E-state index contributed by atoms with van der Waals surface area (Å²) in [5, 5.41) is 33.8. The van der Waals surface area contributed by atoms with Crippen LogP contribution in [0, 0.1) is 47.3 Å². The number of rotatable bonds is 0. The largest absolute Gasteiger partial charge is 3.00 e. The number of hydrogen-bond acceptors (Lipinski definition) is 20. The summed E-state index contributed by atoms with van der Waals surface area (Å²) in [5.74, 6) is 5.97. The Morgan fingerprint density at radius 2 is 0.351 bits per heavy atom. The van der Waals surface area contributed by atoms with Gasteiger partial charge in [0.1, 0.15) is 0 Å². The molecule has 0 amide bonds. The Labute approximate surface area is 358 Å². The summed E-state index contributed by atoms with van der Waals surface area (Å²) in [6, 6.07) is 0. The van der Waals surface area contributed by atoms with E-state index in [9.17, 15) is 0 Å². The molecule has 5 heterocycles. The molecular formula is C32H56Al2N8O12S3. The maximum Gasteiger partial charge on any atom is 3.00 e. The van der Waals surface area contributed by atoms with Crippen LogP contribution in [0.15, 0.2) is 0 Å². The van der Waals surface area contributed by atoms with Crippen molar-refractivity contribution in [2.24, 2.45) is 47.3 Å². The van der Waals surface area contributed by atoms with Crippen LogP contribution in [0.1, 0.15) is 103 Å². The third kappa shape index (κ3) is 14.2. The van der Waals surface area contributed by atoms with Crippen molar-refractivity contribution in [3.63, 3.8) is 0 Å². The maximum absolute atomic E-state index is 8.52. The molecule has 4 saturated carbocycles. The summed E-state index contributed by atoms with van der Waals surface area (Å²) in [6.07, 6.45) is 25.6. The van der Waals surface area contributed by atoms with Crippen LogP contribution in [0.2, 0.25) is 0 Å². The Balaban J connectivity index is 0.000000367. The van der Waals surface area contributed by atoms with E-state index >= 15 is 0 Å². The van der Waals surface area contributed by atoms with Gasteiger partial charge < -0.3 is 27.3 Å². The number of hydrogen-bond donors (Lipinski definition) is 8. The standard InChI is InChI=1S/C32H56N8.2Al.3H2O4S/c1-2-10-18-17(9-1)25-33-26(18)38-28-21-13-5-6-14-22(21)30(35-28)40-32-24-16-8-7-15-23(24)31(36-32)39-29-20-12-4-3-11-19(20)27(34-29)37-25;;;3*1-5(2,3)4/h17-40H,1-16H2;;;3*(H2,1,2,3,4)/q;2*+3;;;/p-6. The molecule has 0 aromatic heterocycles. The third-order valence-electron chi connectivity index (χ3n) is 13.8. The zero-order chi connectivity index (χ0) is 39.7. The minimum atomic E-state index is -5.17. The fraction of sp³-hybridized carbons (Fsp3) is 1.00. The van der Waals surface area contributed by atoms with E-state index in [1.807, 2.05) is 0 Å². The van der Waals surface area contributed by atoms with Crippen LogP contribution in [0.5, 0.6) is 0 Å². The van der Waals surface area contributed by atoms with Gasteiger partial charge >= 0.3 is 34.7 Å². The first-order valence-corrected chi connectivity index (χ1v) is 23.9. The Bertz CT molecular complexity index is 1330. The summed E-state index contributed by atoms with van der Waals surface area (Å²) in [7, 11) is -15.5. The van der Waals surface area contributed by atoms with Crippen LogP contribution in [-0.2, 0) is 31.2 Å². The van der Waals surface area contributed by atoms with Gasteiger partial charge in [0.15, 0.2) is 0 Å². The molecule has 0 spiro atoms. The van der Waals surface area contributed by atoms with Gasteiger partial charge in [-0.2, -0.15) is 0 Å². The first kappa shape index (κ1) is 50.0. The molecule has 8 N–H and O–H groups in total. The van der Waals surface area contributed by atoms with Crippen LogP contribution in [0.3, 0.4) is 0 Å². The summed E-state index contributed by atoms with van der Waals surface area (Å²) in [4.78, 5) is 0. The monoisotopic (exact) mass is 894 g/mol. The van der Waals surface area contributed by atoms with Crippen molar-refractivity contribution in [2.45, 2.75) is 152 Å². The van der Waals surface area contributed by atoms with E-state index in [0.717, 1.165) is 47.3 Å². The Morgan fingerprint density at radius 1 is 0.263 bits per heavy atom. The van der Waals surface area contributed by atoms with E-state index in [1.54, 1.807) is 0 Å². The molecule has 8 unspecified atom stereocenters. The van der Waals surface area contributed by atoms with E-state index in [1.165, 1.54) is 103 Å². The summed E-state index contributed by atoms with van der Waals surface area (Å²) in [6.45, 7) is 0. The average Bonchev–Trinajstić information content (AvgIpc) is 3.82. The van der Waals surface area contributed by atoms with E-state index in [4.69, 9.17) is 52.6 Å². The Hall–Kier alpha value is 0.355. The van der Waals surface area contributed by atoms with Gasteiger partial charge in [0, 0.05) is 31.2 Å². The fourth-order valence-electron chi connectivity index (χ4n) is 12.0. The molecule has 57 heavy (non-hydrogen) atoms. The zero-order valence-corrected chi connectivity index (χ0v) is 36.6. The van der Waals surface area contributed by atoms with Gasteiger partial charge in [-0.3, -0.25) is 67.8 Å². The van der Waals surface area contributed by atoms with Crippen LogP contribution in [-0.4, -0.2) is 137 Å². The first-order valence-electron chi connectivity index (χ1n) is 19.9. The van der Waals surface area contributed by atoms with Crippen molar-refractivity contribution in [3.8, 4) is 0 Å². The predicted molar refractivity (Wildman–Crippen MR) is 200 cm³/mol. The topological polar surface area (TPSA) is 337 Å². The van der Waals surface area contributed by atoms with Gasteiger partial charge in [-0.15, -0.1) is 0 Å². The van der Waals surface area contributed by atoms with Crippen molar-refractivity contribution >= 4 is 65.9 Å². The second kappa shape index (κ2) is 21.2. The first-order chi connectivity index (χ1) is 25.8. The van der Waals surface area contributed by atoms with Gasteiger partial charge in [0.05, 0.1) is 49.3 Å². The second-order valence-electron chi connectivity index (χ2n) is 16.8. The van der Waals surface area contributed by atoms with Gasteiger partial charge in [0.2, 0.25) is 0 Å². The molecule has 8 atom stereocenters. The number of nitrogens with one attached hydrogen (secondary N) is 8. The van der Waals surface area contributed by atoms with Crippen molar-refractivity contribution in [1.82, 2.24) is 42.5 Å². The van der Waals surface area contributed by atoms with E-state index in [2.05, 4.69) is 42.5 Å². The summed E-state index contributed by atoms with van der Waals surface area (Å²) >= 11 is 0. The van der Waals surface area contributed by atoms with E-state index < -0.39 is 31.2 Å². The SMILES string of the molecule is C1CCC2C3NC(NC4NC(NC5NC(NC6NC(N3)C3CCCCC63)C3CCCCC53)C3CCCCC43)C2C1.O=S(=O)([O-])[O-].O=S(=O)([O-])[O-].O=S(=O)([O-])[O-].[Al+3].[Al+3]. The van der Waals surface area contributed by atoms with Gasteiger partial charge in [-0.05, 0) is 98.7 Å². The van der Waals surface area contributed by atoms with Crippen LogP contribution in [0.25, 0.3) is 0 Å². The second-order valence-corrected chi connectivity index (χ2v) is 19.3. The van der Waals surface area contributed by atoms with Crippen LogP contribution < -0.4 is 42.5 Å². The molecule has 8 bridgehead atoms. The molecule has 9 rings (SSSR count). The van der Waals surface area contributed by atoms with Crippen molar-refractivity contribution in [2.75, 3.05) is 0 Å². The quantitative estimate of drug-likeness (QED) is 0.0729.